The number of carbonyl (C=O) groups is 2. The first-order chi connectivity index (χ1) is 18.8. The molecule has 0 bridgehead atoms. The molecule has 40 heavy (non-hydrogen) atoms. The Morgan fingerprint density at radius 1 is 0.800 bits per heavy atom. The molecule has 4 aromatic heterocycles. The Morgan fingerprint density at radius 3 is 1.68 bits per heavy atom. The number of ether oxygens (including phenoxy) is 3. The Balaban J connectivity index is 0.000000222. The number of fused-ring (bicyclic) bond motifs is 2. The molecule has 1 N–H and O–H groups in total. The van der Waals surface area contributed by atoms with Crippen LogP contribution in [0.25, 0.3) is 11.3 Å². The van der Waals surface area contributed by atoms with E-state index in [9.17, 15) is 35.9 Å². The zero-order chi connectivity index (χ0) is 29.5. The maximum atomic E-state index is 12.0. The second-order valence-electron chi connectivity index (χ2n) is 7.62. The minimum atomic E-state index is -4.31. The van der Waals surface area contributed by atoms with Crippen molar-refractivity contribution < 1.29 is 55.2 Å². The number of hydrogen-bond donors (Lipinski definition) is 1. The SMILES string of the molecule is CCOC(=O)c1cnc2ccc(OCCC(F)(F)F)nn12.O=C(O)c1cnc2ccc(OCCC(F)(F)F)nn12. The van der Waals surface area contributed by atoms with Gasteiger partial charge in [0.1, 0.15) is 0 Å². The van der Waals surface area contributed by atoms with Gasteiger partial charge in [-0.05, 0) is 19.1 Å². The van der Waals surface area contributed by atoms with Gasteiger partial charge in [0.25, 0.3) is 0 Å². The summed E-state index contributed by atoms with van der Waals surface area (Å²) >= 11 is 0. The zero-order valence-corrected chi connectivity index (χ0v) is 20.4. The van der Waals surface area contributed by atoms with Gasteiger partial charge in [-0.1, -0.05) is 0 Å². The fourth-order valence-corrected chi connectivity index (χ4v) is 2.90. The smallest absolute Gasteiger partial charge is 0.392 e. The minimum absolute atomic E-state index is 0.0321. The number of esters is 1. The molecule has 0 amide bonds. The lowest BCUT2D eigenvalue weighted by atomic mass is 10.4. The highest BCUT2D eigenvalue weighted by Gasteiger charge is 2.28. The van der Waals surface area contributed by atoms with Crippen LogP contribution >= 0.6 is 0 Å². The molecule has 0 saturated carbocycles. The van der Waals surface area contributed by atoms with Gasteiger partial charge >= 0.3 is 24.3 Å². The highest BCUT2D eigenvalue weighted by Crippen LogP contribution is 2.21. The van der Waals surface area contributed by atoms with E-state index < -0.39 is 50.3 Å². The zero-order valence-electron chi connectivity index (χ0n) is 20.4. The molecule has 0 radical (unpaired) electrons. The number of aromatic nitrogens is 6. The van der Waals surface area contributed by atoms with Crippen molar-refractivity contribution in [3.05, 3.63) is 48.0 Å². The number of hydrogen-bond acceptors (Lipinski definition) is 9. The Labute approximate surface area is 220 Å². The van der Waals surface area contributed by atoms with Crippen LogP contribution in [-0.2, 0) is 4.74 Å². The Morgan fingerprint density at radius 2 is 1.25 bits per heavy atom. The van der Waals surface area contributed by atoms with Crippen molar-refractivity contribution >= 4 is 23.2 Å². The molecule has 4 rings (SSSR count). The van der Waals surface area contributed by atoms with Crippen LogP contribution in [-0.4, -0.2) is 78.4 Å². The third-order valence-electron chi connectivity index (χ3n) is 4.65. The van der Waals surface area contributed by atoms with Crippen molar-refractivity contribution in [2.75, 3.05) is 19.8 Å². The van der Waals surface area contributed by atoms with E-state index in [1.165, 1.54) is 35.0 Å². The van der Waals surface area contributed by atoms with Crippen LogP contribution < -0.4 is 9.47 Å². The summed E-state index contributed by atoms with van der Waals surface area (Å²) in [6, 6.07) is 5.60. The Kier molecular flexibility index (Phi) is 9.33. The van der Waals surface area contributed by atoms with Crippen molar-refractivity contribution in [1.82, 2.24) is 29.2 Å². The van der Waals surface area contributed by atoms with E-state index in [1.807, 2.05) is 0 Å². The first kappa shape index (κ1) is 29.9. The van der Waals surface area contributed by atoms with E-state index in [0.717, 1.165) is 10.7 Å². The van der Waals surface area contributed by atoms with E-state index in [-0.39, 0.29) is 35.4 Å². The Hall–Kier alpha value is -4.64. The van der Waals surface area contributed by atoms with Gasteiger partial charge in [0.15, 0.2) is 22.7 Å². The average Bonchev–Trinajstić information content (AvgIpc) is 3.47. The van der Waals surface area contributed by atoms with Crippen molar-refractivity contribution in [2.45, 2.75) is 32.1 Å². The van der Waals surface area contributed by atoms with Crippen LogP contribution in [0.2, 0.25) is 0 Å². The van der Waals surface area contributed by atoms with Gasteiger partial charge < -0.3 is 19.3 Å². The lowest BCUT2D eigenvalue weighted by Crippen LogP contribution is -2.14. The predicted octanol–water partition coefficient (Wildman–Crippen LogP) is 4.00. The quantitative estimate of drug-likeness (QED) is 0.229. The molecular weight excluding hydrogens is 558 g/mol. The second-order valence-corrected chi connectivity index (χ2v) is 7.62. The molecular formula is C22H20F6N6O6. The number of carboxylic acid groups (broad SMARTS) is 1. The molecule has 4 heterocycles. The summed E-state index contributed by atoms with van der Waals surface area (Å²) in [7, 11) is 0. The highest BCUT2D eigenvalue weighted by atomic mass is 19.4. The molecule has 0 fully saturated rings. The summed E-state index contributed by atoms with van der Waals surface area (Å²) in [6.07, 6.45) is -8.42. The van der Waals surface area contributed by atoms with Crippen molar-refractivity contribution in [3.63, 3.8) is 0 Å². The third-order valence-corrected chi connectivity index (χ3v) is 4.65. The monoisotopic (exact) mass is 578 g/mol. The molecule has 18 heteroatoms. The van der Waals surface area contributed by atoms with E-state index >= 15 is 0 Å². The number of imidazole rings is 2. The number of rotatable bonds is 9. The topological polar surface area (TPSA) is 142 Å². The Bertz CT molecular complexity index is 1470. The van der Waals surface area contributed by atoms with Crippen LogP contribution in [0.4, 0.5) is 26.3 Å². The molecule has 0 unspecified atom stereocenters. The van der Waals surface area contributed by atoms with Gasteiger partial charge in [-0.25, -0.2) is 28.6 Å². The van der Waals surface area contributed by atoms with Gasteiger partial charge in [0, 0.05) is 12.1 Å². The molecule has 0 aliphatic rings. The maximum absolute atomic E-state index is 12.0. The van der Waals surface area contributed by atoms with Crippen LogP contribution in [0.1, 0.15) is 40.7 Å². The first-order valence-electron chi connectivity index (χ1n) is 11.3. The summed E-state index contributed by atoms with van der Waals surface area (Å²) < 4.78 is 88.7. The molecule has 216 valence electrons. The van der Waals surface area contributed by atoms with Gasteiger partial charge in [0.2, 0.25) is 11.8 Å². The van der Waals surface area contributed by atoms with Gasteiger partial charge in [0.05, 0.1) is 45.1 Å². The lowest BCUT2D eigenvalue weighted by molar-refractivity contribution is -0.140. The molecule has 0 aliphatic heterocycles. The fourth-order valence-electron chi connectivity index (χ4n) is 2.90. The number of nitrogens with zero attached hydrogens (tertiary/aromatic N) is 6. The van der Waals surface area contributed by atoms with Crippen molar-refractivity contribution in [3.8, 4) is 11.8 Å². The summed E-state index contributed by atoms with van der Waals surface area (Å²) in [5.74, 6) is -2.00. The summed E-state index contributed by atoms with van der Waals surface area (Å²) in [5.41, 5.74) is 0.506. The normalized spacial score (nSPS) is 11.7. The first-order valence-corrected chi connectivity index (χ1v) is 11.3. The molecule has 0 aliphatic carbocycles. The van der Waals surface area contributed by atoms with Gasteiger partial charge in [-0.2, -0.15) is 26.3 Å². The largest absolute Gasteiger partial charge is 0.476 e. The molecule has 0 atom stereocenters. The fraction of sp³-hybridized carbons (Fsp3) is 0.364. The molecule has 0 spiro atoms. The highest BCUT2D eigenvalue weighted by molar-refractivity contribution is 5.88. The molecule has 0 saturated heterocycles. The summed E-state index contributed by atoms with van der Waals surface area (Å²) in [5, 5.41) is 16.5. The maximum Gasteiger partial charge on any atom is 0.392 e. The number of alkyl halides is 6. The number of halogens is 6. The van der Waals surface area contributed by atoms with Crippen LogP contribution in [0.5, 0.6) is 11.8 Å². The standard InChI is InChI=1S/C12H12F3N3O3.C10H8F3N3O3/c1-2-20-11(19)8-7-16-9-3-4-10(17-18(8)9)21-6-5-12(13,14)15;11-10(12,13)3-4-19-8-2-1-7-14-5-6(9(17)18)16(7)15-8/h3-4,7H,2,5-6H2,1H3;1-2,5H,3-4H2,(H,17,18). The van der Waals surface area contributed by atoms with Crippen molar-refractivity contribution in [2.24, 2.45) is 0 Å². The molecule has 12 nitrogen and oxygen atoms in total. The van der Waals surface area contributed by atoms with Gasteiger partial charge in [-0.3, -0.25) is 0 Å². The summed E-state index contributed by atoms with van der Waals surface area (Å²) in [6.45, 7) is 0.707. The van der Waals surface area contributed by atoms with Crippen LogP contribution in [0, 0.1) is 0 Å². The van der Waals surface area contributed by atoms with Crippen LogP contribution in [0.3, 0.4) is 0 Å². The number of carboxylic acids is 1. The second kappa shape index (κ2) is 12.5. The predicted molar refractivity (Wildman–Crippen MR) is 121 cm³/mol. The van der Waals surface area contributed by atoms with Crippen LogP contribution in [0.15, 0.2) is 36.7 Å². The summed E-state index contributed by atoms with van der Waals surface area (Å²) in [4.78, 5) is 30.2. The van der Waals surface area contributed by atoms with E-state index in [0.29, 0.717) is 5.65 Å². The van der Waals surface area contributed by atoms with E-state index in [4.69, 9.17) is 19.3 Å². The number of carbonyl (C=O) groups excluding carboxylic acids is 1. The third kappa shape index (κ3) is 8.43. The van der Waals surface area contributed by atoms with Gasteiger partial charge in [-0.15, -0.1) is 10.2 Å². The lowest BCUT2D eigenvalue weighted by Gasteiger charge is -2.08. The van der Waals surface area contributed by atoms with E-state index in [2.05, 4.69) is 20.2 Å². The molecule has 4 aromatic rings. The van der Waals surface area contributed by atoms with E-state index in [1.54, 1.807) is 6.92 Å². The number of aromatic carboxylic acids is 1. The molecule has 0 aromatic carbocycles. The van der Waals surface area contributed by atoms with Crippen molar-refractivity contribution in [1.29, 1.82) is 0 Å². The average molecular weight is 578 g/mol. The minimum Gasteiger partial charge on any atom is -0.476 e.